The van der Waals surface area contributed by atoms with Crippen LogP contribution in [0.5, 0.6) is 0 Å². The van der Waals surface area contributed by atoms with E-state index in [9.17, 15) is 0 Å². The summed E-state index contributed by atoms with van der Waals surface area (Å²) in [6.45, 7) is 8.25. The van der Waals surface area contributed by atoms with Crippen molar-refractivity contribution in [1.82, 2.24) is 19.4 Å². The molecule has 0 saturated carbocycles. The normalized spacial score (nSPS) is 12.4. The number of halogens is 1. The lowest BCUT2D eigenvalue weighted by Crippen LogP contribution is -2.05. The predicted molar refractivity (Wildman–Crippen MR) is 113 cm³/mol. The number of rotatable bonds is 6. The number of nitrogens with one attached hydrogen (secondary N) is 1. The van der Waals surface area contributed by atoms with Crippen LogP contribution in [0.1, 0.15) is 23.7 Å². The summed E-state index contributed by atoms with van der Waals surface area (Å²) in [4.78, 5) is 13.4. The third-order valence-electron chi connectivity index (χ3n) is 3.93. The van der Waals surface area contributed by atoms with E-state index in [1.807, 2.05) is 42.8 Å². The minimum Gasteiger partial charge on any atom is -0.402 e. The number of aromatic nitrogens is 4. The van der Waals surface area contributed by atoms with E-state index < -0.39 is 0 Å². The Kier molecular flexibility index (Phi) is 5.71. The maximum Gasteiger partial charge on any atom is 0.180 e. The summed E-state index contributed by atoms with van der Waals surface area (Å²) >= 11 is 3.47. The van der Waals surface area contributed by atoms with Gasteiger partial charge in [0, 0.05) is 36.4 Å². The third kappa shape index (κ3) is 4.25. The monoisotopic (exact) mass is 424 g/mol. The number of anilines is 1. The smallest absolute Gasteiger partial charge is 0.180 e. The Hall–Kier alpha value is -2.93. The molecule has 3 aromatic rings. The topological polar surface area (TPSA) is 81.1 Å². The van der Waals surface area contributed by atoms with E-state index in [-0.39, 0.29) is 0 Å². The molecule has 27 heavy (non-hydrogen) atoms. The Labute approximate surface area is 166 Å². The van der Waals surface area contributed by atoms with Gasteiger partial charge >= 0.3 is 0 Å². The molecule has 138 valence electrons. The summed E-state index contributed by atoms with van der Waals surface area (Å²) in [7, 11) is 0. The van der Waals surface area contributed by atoms with Crippen LogP contribution >= 0.6 is 15.9 Å². The van der Waals surface area contributed by atoms with Crippen molar-refractivity contribution in [3.63, 3.8) is 0 Å². The van der Waals surface area contributed by atoms with E-state index in [1.165, 1.54) is 0 Å². The van der Waals surface area contributed by atoms with Gasteiger partial charge in [-0.25, -0.2) is 9.97 Å². The molecule has 0 aliphatic heterocycles. The second kappa shape index (κ2) is 8.18. The van der Waals surface area contributed by atoms with Gasteiger partial charge in [-0.05, 0) is 47.0 Å². The van der Waals surface area contributed by atoms with E-state index in [0.717, 1.165) is 44.2 Å². The Balaban J connectivity index is 1.82. The van der Waals surface area contributed by atoms with E-state index >= 15 is 0 Å². The maximum absolute atomic E-state index is 5.83. The molecule has 0 radical (unpaired) electrons. The summed E-state index contributed by atoms with van der Waals surface area (Å²) in [5, 5.41) is 3.33. The molecule has 0 aliphatic carbocycles. The fourth-order valence-electron chi connectivity index (χ4n) is 2.80. The van der Waals surface area contributed by atoms with Gasteiger partial charge in [0.1, 0.15) is 4.60 Å². The molecule has 0 amide bonds. The van der Waals surface area contributed by atoms with Crippen LogP contribution in [-0.4, -0.2) is 19.4 Å². The van der Waals surface area contributed by atoms with Gasteiger partial charge in [0.2, 0.25) is 0 Å². The van der Waals surface area contributed by atoms with Gasteiger partial charge in [-0.1, -0.05) is 24.8 Å². The molecule has 0 aliphatic rings. The van der Waals surface area contributed by atoms with Crippen molar-refractivity contribution >= 4 is 33.0 Å². The molecule has 0 spiro atoms. The summed E-state index contributed by atoms with van der Waals surface area (Å²) < 4.78 is 2.81. The van der Waals surface area contributed by atoms with Crippen LogP contribution in [0.3, 0.4) is 0 Å². The molecular formula is C20H21BrN6. The first-order valence-corrected chi connectivity index (χ1v) is 9.22. The Morgan fingerprint density at radius 3 is 2.85 bits per heavy atom. The number of hydrogen-bond donors (Lipinski definition) is 2. The third-order valence-corrected chi connectivity index (χ3v) is 4.52. The highest BCUT2D eigenvalue weighted by molar-refractivity contribution is 9.10. The highest BCUT2D eigenvalue weighted by atomic mass is 79.9. The molecule has 0 unspecified atom stereocenters. The minimum atomic E-state index is 0.595. The van der Waals surface area contributed by atoms with Crippen molar-refractivity contribution < 1.29 is 0 Å². The van der Waals surface area contributed by atoms with Crippen molar-refractivity contribution in [2.45, 2.75) is 20.4 Å². The first-order valence-electron chi connectivity index (χ1n) is 8.43. The second-order valence-corrected chi connectivity index (χ2v) is 6.97. The molecule has 3 N–H and O–H groups in total. The molecule has 0 bridgehead atoms. The van der Waals surface area contributed by atoms with Crippen molar-refractivity contribution in [2.24, 2.45) is 5.73 Å². The fourth-order valence-corrected chi connectivity index (χ4v) is 3.19. The van der Waals surface area contributed by atoms with Gasteiger partial charge in [0.25, 0.3) is 0 Å². The molecule has 0 atom stereocenters. The average molecular weight is 425 g/mol. The van der Waals surface area contributed by atoms with Crippen LogP contribution in [0.2, 0.25) is 0 Å². The summed E-state index contributed by atoms with van der Waals surface area (Å²) in [5.74, 6) is 0.721. The van der Waals surface area contributed by atoms with Gasteiger partial charge < -0.3 is 11.1 Å². The first-order chi connectivity index (χ1) is 13.0. The zero-order valence-corrected chi connectivity index (χ0v) is 16.9. The number of nitrogens with zero attached hydrogens (tertiary/aromatic N) is 4. The van der Waals surface area contributed by atoms with Gasteiger partial charge in [-0.15, -0.1) is 0 Å². The quantitative estimate of drug-likeness (QED) is 0.578. The van der Waals surface area contributed by atoms with E-state index in [4.69, 9.17) is 5.73 Å². The summed E-state index contributed by atoms with van der Waals surface area (Å²) in [6.07, 6.45) is 12.7. The molecule has 6 nitrogen and oxygen atoms in total. The standard InChI is InChI=1S/C20H21BrN6/c1-4-5-16(9-14(3)22)18-13(2)8-15(10-24-18)11-25-19-20-26-12-17(21)27(20)7-6-23-19/h4-10,12H,1,11,22H2,2-3H3,(H,23,25)/b14-9-,16-5+. The minimum absolute atomic E-state index is 0.595. The summed E-state index contributed by atoms with van der Waals surface area (Å²) in [6, 6.07) is 2.10. The number of imidazole rings is 1. The van der Waals surface area contributed by atoms with Crippen molar-refractivity contribution in [3.05, 3.63) is 82.8 Å². The number of nitrogens with two attached hydrogens (primary N) is 1. The van der Waals surface area contributed by atoms with Crippen molar-refractivity contribution in [2.75, 3.05) is 5.32 Å². The Morgan fingerprint density at radius 1 is 1.33 bits per heavy atom. The molecule has 0 aromatic carbocycles. The number of aryl methyl sites for hydroxylation is 1. The highest BCUT2D eigenvalue weighted by Gasteiger charge is 2.09. The average Bonchev–Trinajstić information content (AvgIpc) is 3.01. The molecule has 0 fully saturated rings. The lowest BCUT2D eigenvalue weighted by Gasteiger charge is -2.11. The van der Waals surface area contributed by atoms with Gasteiger partial charge in [-0.2, -0.15) is 0 Å². The van der Waals surface area contributed by atoms with Gasteiger partial charge in [0.05, 0.1) is 11.9 Å². The fraction of sp³-hybridized carbons (Fsp3) is 0.150. The summed E-state index contributed by atoms with van der Waals surface area (Å²) in [5.41, 5.74) is 11.3. The lowest BCUT2D eigenvalue weighted by atomic mass is 10.0. The number of allylic oxidation sites excluding steroid dienone is 5. The number of fused-ring (bicyclic) bond motifs is 1. The van der Waals surface area contributed by atoms with Gasteiger partial charge in [0.15, 0.2) is 11.5 Å². The molecule has 3 heterocycles. The van der Waals surface area contributed by atoms with Crippen molar-refractivity contribution in [1.29, 1.82) is 0 Å². The molecular weight excluding hydrogens is 404 g/mol. The predicted octanol–water partition coefficient (Wildman–Crippen LogP) is 4.24. The zero-order valence-electron chi connectivity index (χ0n) is 15.3. The zero-order chi connectivity index (χ0) is 19.4. The van der Waals surface area contributed by atoms with E-state index in [0.29, 0.717) is 6.54 Å². The first kappa shape index (κ1) is 18.8. The van der Waals surface area contributed by atoms with Crippen molar-refractivity contribution in [3.8, 4) is 0 Å². The van der Waals surface area contributed by atoms with E-state index in [1.54, 1.807) is 18.5 Å². The number of pyridine rings is 1. The van der Waals surface area contributed by atoms with Crippen LogP contribution in [-0.2, 0) is 6.54 Å². The highest BCUT2D eigenvalue weighted by Crippen LogP contribution is 2.21. The lowest BCUT2D eigenvalue weighted by molar-refractivity contribution is 1.04. The van der Waals surface area contributed by atoms with Crippen LogP contribution in [0, 0.1) is 6.92 Å². The van der Waals surface area contributed by atoms with Crippen LogP contribution in [0.15, 0.2) is 66.0 Å². The Bertz CT molecular complexity index is 1040. The molecule has 0 saturated heterocycles. The molecule has 3 rings (SSSR count). The van der Waals surface area contributed by atoms with Crippen LogP contribution in [0.4, 0.5) is 5.82 Å². The van der Waals surface area contributed by atoms with Crippen LogP contribution < -0.4 is 11.1 Å². The van der Waals surface area contributed by atoms with Crippen LogP contribution in [0.25, 0.3) is 11.2 Å². The SMILES string of the molecule is C=C/C=C(\C=C(\C)N)c1ncc(CNc2nccn3c(Br)cnc23)cc1C. The Morgan fingerprint density at radius 2 is 2.15 bits per heavy atom. The maximum atomic E-state index is 5.83. The number of hydrogen-bond acceptors (Lipinski definition) is 5. The second-order valence-electron chi connectivity index (χ2n) is 6.16. The van der Waals surface area contributed by atoms with E-state index in [2.05, 4.69) is 48.8 Å². The molecule has 7 heteroatoms. The largest absolute Gasteiger partial charge is 0.402 e. The van der Waals surface area contributed by atoms with Gasteiger partial charge in [-0.3, -0.25) is 9.38 Å². The molecule has 3 aromatic heterocycles.